The number of aliphatic carboxylic acids is 1. The molecule has 0 spiro atoms. The van der Waals surface area contributed by atoms with E-state index < -0.39 is 12.1 Å². The average molecular weight is 164 g/mol. The fourth-order valence-corrected chi connectivity index (χ4v) is 0.907. The zero-order chi connectivity index (χ0) is 8.97. The predicted molar refractivity (Wildman–Crippen MR) is 42.2 cm³/mol. The smallest absolute Gasteiger partial charge is 0.337 e. The van der Waals surface area contributed by atoms with E-state index in [0.717, 1.165) is 0 Å². The van der Waals surface area contributed by atoms with Crippen molar-refractivity contribution < 1.29 is 14.6 Å². The summed E-state index contributed by atoms with van der Waals surface area (Å²) in [4.78, 5) is 10.5. The Labute approximate surface area is 70.6 Å². The fraction of sp³-hybridized carbons (Fsp3) is 0.111. The van der Waals surface area contributed by atoms with Crippen LogP contribution < -0.4 is 0 Å². The van der Waals surface area contributed by atoms with Gasteiger partial charge < -0.3 is 9.84 Å². The van der Waals surface area contributed by atoms with Crippen molar-refractivity contribution in [3.05, 3.63) is 43.0 Å². The van der Waals surface area contributed by atoms with Crippen LogP contribution in [-0.2, 0) is 9.53 Å². The minimum absolute atomic E-state index is 0.535. The summed E-state index contributed by atoms with van der Waals surface area (Å²) in [6.07, 6.45) is -1.08. The van der Waals surface area contributed by atoms with Crippen LogP contribution in [0.25, 0.3) is 0 Å². The number of carbonyl (C=O) groups is 1. The van der Waals surface area contributed by atoms with Crippen molar-refractivity contribution >= 4 is 5.97 Å². The van der Waals surface area contributed by atoms with Crippen LogP contribution >= 0.6 is 0 Å². The summed E-state index contributed by atoms with van der Waals surface area (Å²) in [5.74, 6) is -1.09. The maximum Gasteiger partial charge on any atom is 0.337 e. The molecule has 3 nitrogen and oxygen atoms in total. The van der Waals surface area contributed by atoms with Gasteiger partial charge in [-0.1, -0.05) is 30.3 Å². The second-order valence-corrected chi connectivity index (χ2v) is 2.27. The number of carboxylic acid groups (broad SMARTS) is 1. The van der Waals surface area contributed by atoms with E-state index in [-0.39, 0.29) is 0 Å². The molecule has 0 aliphatic heterocycles. The van der Waals surface area contributed by atoms with Crippen molar-refractivity contribution in [2.24, 2.45) is 0 Å². The molecule has 0 aliphatic rings. The van der Waals surface area contributed by atoms with E-state index in [4.69, 9.17) is 12.2 Å². The number of benzene rings is 1. The lowest BCUT2D eigenvalue weighted by Crippen LogP contribution is -2.12. The third kappa shape index (κ3) is 1.83. The van der Waals surface area contributed by atoms with Crippen LogP contribution in [0.2, 0.25) is 0 Å². The number of carboxylic acids is 1. The highest BCUT2D eigenvalue weighted by Gasteiger charge is 2.17. The van der Waals surface area contributed by atoms with E-state index in [1.54, 1.807) is 30.3 Å². The first-order valence-corrected chi connectivity index (χ1v) is 3.39. The molecule has 1 atom stereocenters. The summed E-state index contributed by atoms with van der Waals surface area (Å²) < 4.78 is 4.30. The van der Waals surface area contributed by atoms with Gasteiger partial charge in [-0.05, 0) is 5.56 Å². The normalized spacial score (nSPS) is 12.4. The summed E-state index contributed by atoms with van der Waals surface area (Å²) in [5, 5.41) is 8.62. The van der Waals surface area contributed by atoms with E-state index >= 15 is 0 Å². The van der Waals surface area contributed by atoms with E-state index in [1.165, 1.54) is 0 Å². The minimum atomic E-state index is -1.09. The molecular formula is C9H8O3. The zero-order valence-corrected chi connectivity index (χ0v) is 6.31. The van der Waals surface area contributed by atoms with Crippen molar-refractivity contribution in [3.8, 4) is 0 Å². The summed E-state index contributed by atoms with van der Waals surface area (Å²) >= 11 is 0. The van der Waals surface area contributed by atoms with Crippen molar-refractivity contribution in [1.82, 2.24) is 0 Å². The number of rotatable bonds is 3. The Morgan fingerprint density at radius 3 is 2.42 bits per heavy atom. The summed E-state index contributed by atoms with van der Waals surface area (Å²) in [6, 6.07) is 8.53. The molecule has 2 radical (unpaired) electrons. The van der Waals surface area contributed by atoms with Gasteiger partial charge >= 0.3 is 5.97 Å². The standard InChI is InChI=1S/C9H8O3/c1-12-8(9(10)11)7-5-3-2-4-6-7/h1-6,8H,(H,10,11). The van der Waals surface area contributed by atoms with E-state index in [1.807, 2.05) is 0 Å². The number of ether oxygens (including phenoxy) is 1. The van der Waals surface area contributed by atoms with E-state index in [9.17, 15) is 4.79 Å². The first-order valence-electron chi connectivity index (χ1n) is 3.39. The van der Waals surface area contributed by atoms with Gasteiger partial charge in [0, 0.05) is 0 Å². The quantitative estimate of drug-likeness (QED) is 0.736. The second kappa shape index (κ2) is 3.88. The molecule has 1 N–H and O–H groups in total. The van der Waals surface area contributed by atoms with Crippen molar-refractivity contribution in [1.29, 1.82) is 0 Å². The molecule has 12 heavy (non-hydrogen) atoms. The highest BCUT2D eigenvalue weighted by Crippen LogP contribution is 2.15. The van der Waals surface area contributed by atoms with Gasteiger partial charge in [-0.2, -0.15) is 0 Å². The van der Waals surface area contributed by atoms with E-state index in [0.29, 0.717) is 5.56 Å². The number of hydrogen-bond donors (Lipinski definition) is 1. The van der Waals surface area contributed by atoms with Gasteiger partial charge in [0.1, 0.15) is 7.11 Å². The van der Waals surface area contributed by atoms with Gasteiger partial charge in [0.05, 0.1) is 0 Å². The Bertz CT molecular complexity index is 256. The monoisotopic (exact) mass is 164 g/mol. The molecule has 0 aliphatic carbocycles. The maximum atomic E-state index is 10.5. The van der Waals surface area contributed by atoms with Crippen molar-refractivity contribution in [2.45, 2.75) is 6.10 Å². The Morgan fingerprint density at radius 1 is 1.42 bits per heavy atom. The van der Waals surface area contributed by atoms with Crippen LogP contribution in [0.5, 0.6) is 0 Å². The SMILES string of the molecule is [CH]OC(C(=O)O)c1ccccc1. The molecule has 0 aromatic heterocycles. The zero-order valence-electron chi connectivity index (χ0n) is 6.31. The van der Waals surface area contributed by atoms with Gasteiger partial charge in [-0.25, -0.2) is 4.79 Å². The molecule has 1 aromatic carbocycles. The van der Waals surface area contributed by atoms with Crippen LogP contribution in [0.3, 0.4) is 0 Å². The van der Waals surface area contributed by atoms with E-state index in [2.05, 4.69) is 4.74 Å². The third-order valence-corrected chi connectivity index (χ3v) is 1.46. The Kier molecular flexibility index (Phi) is 2.82. The molecule has 0 saturated carbocycles. The van der Waals surface area contributed by atoms with Crippen LogP contribution in [0.15, 0.2) is 30.3 Å². The Morgan fingerprint density at radius 2 is 2.00 bits per heavy atom. The molecule has 1 rings (SSSR count). The van der Waals surface area contributed by atoms with Crippen LogP contribution in [-0.4, -0.2) is 11.1 Å². The van der Waals surface area contributed by atoms with Crippen LogP contribution in [0.1, 0.15) is 11.7 Å². The van der Waals surface area contributed by atoms with Gasteiger partial charge in [-0.3, -0.25) is 0 Å². The highest BCUT2D eigenvalue weighted by molar-refractivity contribution is 5.74. The van der Waals surface area contributed by atoms with Crippen LogP contribution in [0, 0.1) is 7.11 Å². The highest BCUT2D eigenvalue weighted by atomic mass is 16.5. The largest absolute Gasteiger partial charge is 0.479 e. The van der Waals surface area contributed by atoms with Gasteiger partial charge in [0.25, 0.3) is 0 Å². The van der Waals surface area contributed by atoms with Crippen molar-refractivity contribution in [3.63, 3.8) is 0 Å². The predicted octanol–water partition coefficient (Wildman–Crippen LogP) is 1.50. The molecule has 1 unspecified atom stereocenters. The molecule has 1 aromatic rings. The summed E-state index contributed by atoms with van der Waals surface area (Å²) in [5.41, 5.74) is 0.535. The summed E-state index contributed by atoms with van der Waals surface area (Å²) in [7, 11) is 4.82. The Hall–Kier alpha value is -1.35. The molecule has 3 heteroatoms. The van der Waals surface area contributed by atoms with Gasteiger partial charge in [0.2, 0.25) is 0 Å². The van der Waals surface area contributed by atoms with Gasteiger partial charge in [-0.15, -0.1) is 0 Å². The lowest BCUT2D eigenvalue weighted by Gasteiger charge is -2.08. The molecule has 0 bridgehead atoms. The molecule has 62 valence electrons. The van der Waals surface area contributed by atoms with Crippen molar-refractivity contribution in [2.75, 3.05) is 0 Å². The lowest BCUT2D eigenvalue weighted by molar-refractivity contribution is -0.147. The molecule has 0 saturated heterocycles. The maximum absolute atomic E-state index is 10.5. The fourth-order valence-electron chi connectivity index (χ4n) is 0.907. The first-order chi connectivity index (χ1) is 5.75. The molecule has 0 heterocycles. The second-order valence-electron chi connectivity index (χ2n) is 2.27. The topological polar surface area (TPSA) is 46.5 Å². The summed E-state index contributed by atoms with van der Waals surface area (Å²) in [6.45, 7) is 0. The molecule has 0 fully saturated rings. The Balaban J connectivity index is 2.88. The van der Waals surface area contributed by atoms with Crippen LogP contribution in [0.4, 0.5) is 0 Å². The average Bonchev–Trinajstić information content (AvgIpc) is 2.07. The minimum Gasteiger partial charge on any atom is -0.479 e. The first kappa shape index (κ1) is 8.74. The molecular weight excluding hydrogens is 156 g/mol. The lowest BCUT2D eigenvalue weighted by atomic mass is 10.1. The molecule has 0 amide bonds. The van der Waals surface area contributed by atoms with Gasteiger partial charge in [0.15, 0.2) is 6.10 Å². The number of hydrogen-bond acceptors (Lipinski definition) is 2. The third-order valence-electron chi connectivity index (χ3n) is 1.46.